The number of anilines is 1. The van der Waals surface area contributed by atoms with Crippen LogP contribution in [0.5, 0.6) is 5.75 Å². The first kappa shape index (κ1) is 15.3. The number of hydrogen-bond acceptors (Lipinski definition) is 3. The van der Waals surface area contributed by atoms with Gasteiger partial charge in [-0.05, 0) is 56.4 Å². The van der Waals surface area contributed by atoms with Crippen LogP contribution in [-0.2, 0) is 9.53 Å². The van der Waals surface area contributed by atoms with Crippen molar-refractivity contribution in [1.29, 1.82) is 0 Å². The van der Waals surface area contributed by atoms with Crippen molar-refractivity contribution < 1.29 is 14.3 Å². The molecule has 1 aromatic rings. The van der Waals surface area contributed by atoms with Crippen LogP contribution in [0.4, 0.5) is 5.69 Å². The summed E-state index contributed by atoms with van der Waals surface area (Å²) in [6.45, 7) is 3.55. The zero-order valence-electron chi connectivity index (χ0n) is 13.3. The molecular formula is C18H25NO3. The Morgan fingerprint density at radius 3 is 2.64 bits per heavy atom. The maximum absolute atomic E-state index is 12.4. The summed E-state index contributed by atoms with van der Waals surface area (Å²) in [7, 11) is 0. The van der Waals surface area contributed by atoms with E-state index in [0.29, 0.717) is 6.61 Å². The first-order valence-electron chi connectivity index (χ1n) is 8.38. The third-order valence-corrected chi connectivity index (χ3v) is 5.04. The fraction of sp³-hybridized carbons (Fsp3) is 0.611. The predicted molar refractivity (Wildman–Crippen MR) is 86.1 cm³/mol. The molecule has 2 aliphatic rings. The van der Waals surface area contributed by atoms with Crippen LogP contribution in [0.1, 0.15) is 45.4 Å². The number of ether oxygens (including phenoxy) is 2. The normalized spacial score (nSPS) is 22.9. The molecule has 0 aromatic heterocycles. The Morgan fingerprint density at radius 1 is 1.32 bits per heavy atom. The number of amides is 1. The van der Waals surface area contributed by atoms with E-state index in [-0.39, 0.29) is 17.4 Å². The van der Waals surface area contributed by atoms with Crippen LogP contribution in [0, 0.1) is 5.41 Å². The zero-order chi connectivity index (χ0) is 15.4. The first-order chi connectivity index (χ1) is 10.7. The number of carbonyl (C=O) groups excluding carboxylic acids is 1. The van der Waals surface area contributed by atoms with Gasteiger partial charge in [0.25, 0.3) is 0 Å². The topological polar surface area (TPSA) is 47.6 Å². The van der Waals surface area contributed by atoms with Gasteiger partial charge in [-0.1, -0.05) is 13.3 Å². The highest BCUT2D eigenvalue weighted by Crippen LogP contribution is 2.44. The maximum Gasteiger partial charge on any atom is 0.230 e. The highest BCUT2D eigenvalue weighted by atomic mass is 16.5. The summed E-state index contributed by atoms with van der Waals surface area (Å²) < 4.78 is 11.3. The van der Waals surface area contributed by atoms with Crippen molar-refractivity contribution >= 4 is 11.6 Å². The molecule has 0 bridgehead atoms. The molecule has 22 heavy (non-hydrogen) atoms. The van der Waals surface area contributed by atoms with E-state index in [0.717, 1.165) is 56.6 Å². The second-order valence-electron chi connectivity index (χ2n) is 6.41. The van der Waals surface area contributed by atoms with Crippen molar-refractivity contribution in [2.24, 2.45) is 5.41 Å². The average Bonchev–Trinajstić information content (AvgIpc) is 2.99. The number of nitrogens with one attached hydrogen (secondary N) is 1. The summed E-state index contributed by atoms with van der Waals surface area (Å²) >= 11 is 0. The number of hydrogen-bond donors (Lipinski definition) is 1. The Balaban J connectivity index is 1.51. The van der Waals surface area contributed by atoms with Crippen molar-refractivity contribution in [3.05, 3.63) is 24.3 Å². The molecule has 1 heterocycles. The Labute approximate surface area is 132 Å². The summed E-state index contributed by atoms with van der Waals surface area (Å²) in [5.41, 5.74) is 0.712. The van der Waals surface area contributed by atoms with Gasteiger partial charge in [0.2, 0.25) is 5.91 Å². The molecule has 1 aliphatic carbocycles. The van der Waals surface area contributed by atoms with Crippen LogP contribution < -0.4 is 10.1 Å². The van der Waals surface area contributed by atoms with E-state index in [1.807, 2.05) is 24.3 Å². The van der Waals surface area contributed by atoms with E-state index in [2.05, 4.69) is 12.2 Å². The van der Waals surface area contributed by atoms with Gasteiger partial charge in [0.15, 0.2) is 0 Å². The first-order valence-corrected chi connectivity index (χ1v) is 8.38. The molecule has 1 aromatic carbocycles. The second-order valence-corrected chi connectivity index (χ2v) is 6.41. The lowest BCUT2D eigenvalue weighted by Gasteiger charge is -2.39. The lowest BCUT2D eigenvalue weighted by atomic mass is 9.66. The van der Waals surface area contributed by atoms with Gasteiger partial charge in [-0.3, -0.25) is 4.79 Å². The molecule has 1 saturated heterocycles. The summed E-state index contributed by atoms with van der Waals surface area (Å²) in [6.07, 6.45) is 6.53. The number of benzene rings is 1. The molecule has 1 N–H and O–H groups in total. The van der Waals surface area contributed by atoms with Crippen LogP contribution >= 0.6 is 0 Å². The van der Waals surface area contributed by atoms with E-state index in [4.69, 9.17) is 9.47 Å². The summed E-state index contributed by atoms with van der Waals surface area (Å²) in [4.78, 5) is 12.4. The molecule has 3 rings (SSSR count). The Morgan fingerprint density at radius 2 is 2.09 bits per heavy atom. The van der Waals surface area contributed by atoms with Crippen LogP contribution in [0.15, 0.2) is 24.3 Å². The van der Waals surface area contributed by atoms with Gasteiger partial charge in [-0.25, -0.2) is 0 Å². The molecule has 0 spiro atoms. The van der Waals surface area contributed by atoms with E-state index in [1.165, 1.54) is 0 Å². The van der Waals surface area contributed by atoms with Gasteiger partial charge < -0.3 is 14.8 Å². The largest absolute Gasteiger partial charge is 0.491 e. The molecule has 0 radical (unpaired) electrons. The molecule has 120 valence electrons. The predicted octanol–water partition coefficient (Wildman–Crippen LogP) is 3.76. The van der Waals surface area contributed by atoms with Crippen molar-refractivity contribution in [2.75, 3.05) is 18.5 Å². The third-order valence-electron chi connectivity index (χ3n) is 5.04. The van der Waals surface area contributed by atoms with Gasteiger partial charge in [0, 0.05) is 17.7 Å². The van der Waals surface area contributed by atoms with Crippen molar-refractivity contribution in [1.82, 2.24) is 0 Å². The fourth-order valence-electron chi connectivity index (χ4n) is 3.21. The number of carbonyl (C=O) groups is 1. The molecule has 2 fully saturated rings. The van der Waals surface area contributed by atoms with Gasteiger partial charge in [-0.15, -0.1) is 0 Å². The molecule has 4 heteroatoms. The van der Waals surface area contributed by atoms with Gasteiger partial charge in [0.1, 0.15) is 12.4 Å². The van der Waals surface area contributed by atoms with Crippen molar-refractivity contribution in [2.45, 2.75) is 51.6 Å². The lowest BCUT2D eigenvalue weighted by molar-refractivity contribution is -0.130. The van der Waals surface area contributed by atoms with E-state index in [1.54, 1.807) is 0 Å². The summed E-state index contributed by atoms with van der Waals surface area (Å²) in [5.74, 6) is 0.983. The summed E-state index contributed by atoms with van der Waals surface area (Å²) in [6, 6.07) is 7.63. The molecule has 4 nitrogen and oxygen atoms in total. The van der Waals surface area contributed by atoms with Crippen LogP contribution in [-0.4, -0.2) is 25.2 Å². The highest BCUT2D eigenvalue weighted by molar-refractivity contribution is 5.95. The minimum absolute atomic E-state index is 0.130. The average molecular weight is 303 g/mol. The SMILES string of the molecule is CCC1(C(=O)Nc2ccc(OC[C@@H]3CCCO3)cc2)CCC1. The molecule has 1 amide bonds. The lowest BCUT2D eigenvalue weighted by Crippen LogP contribution is -2.41. The Bertz CT molecular complexity index is 496. The minimum Gasteiger partial charge on any atom is -0.491 e. The third kappa shape index (κ3) is 3.27. The standard InChI is InChI=1S/C18H25NO3/c1-2-18(10-4-11-18)17(20)19-14-6-8-15(9-7-14)22-13-16-5-3-12-21-16/h6-9,16H,2-5,10-13H2,1H3,(H,19,20)/t16-/m0/s1. The van der Waals surface area contributed by atoms with E-state index >= 15 is 0 Å². The Kier molecular flexibility index (Phi) is 4.67. The van der Waals surface area contributed by atoms with Gasteiger partial charge in [-0.2, -0.15) is 0 Å². The molecule has 1 aliphatic heterocycles. The minimum atomic E-state index is -0.130. The molecule has 1 atom stereocenters. The van der Waals surface area contributed by atoms with Gasteiger partial charge >= 0.3 is 0 Å². The fourth-order valence-corrected chi connectivity index (χ4v) is 3.21. The monoisotopic (exact) mass is 303 g/mol. The molecule has 1 saturated carbocycles. The summed E-state index contributed by atoms with van der Waals surface area (Å²) in [5, 5.41) is 3.04. The van der Waals surface area contributed by atoms with Gasteiger partial charge in [0.05, 0.1) is 6.10 Å². The Hall–Kier alpha value is -1.55. The molecule has 0 unspecified atom stereocenters. The smallest absolute Gasteiger partial charge is 0.230 e. The van der Waals surface area contributed by atoms with Crippen LogP contribution in [0.25, 0.3) is 0 Å². The van der Waals surface area contributed by atoms with Crippen LogP contribution in [0.3, 0.4) is 0 Å². The number of rotatable bonds is 6. The van der Waals surface area contributed by atoms with E-state index in [9.17, 15) is 4.79 Å². The van der Waals surface area contributed by atoms with Crippen molar-refractivity contribution in [3.63, 3.8) is 0 Å². The highest BCUT2D eigenvalue weighted by Gasteiger charge is 2.42. The zero-order valence-corrected chi connectivity index (χ0v) is 13.3. The maximum atomic E-state index is 12.4. The molecular weight excluding hydrogens is 278 g/mol. The van der Waals surface area contributed by atoms with Crippen LogP contribution in [0.2, 0.25) is 0 Å². The second kappa shape index (κ2) is 6.69. The van der Waals surface area contributed by atoms with E-state index < -0.39 is 0 Å². The van der Waals surface area contributed by atoms with Crippen molar-refractivity contribution in [3.8, 4) is 5.75 Å². The quantitative estimate of drug-likeness (QED) is 0.870.